The van der Waals surface area contributed by atoms with Crippen molar-refractivity contribution in [3.8, 4) is 11.5 Å². The van der Waals surface area contributed by atoms with E-state index in [1.54, 1.807) is 19.2 Å². The van der Waals surface area contributed by atoms with E-state index in [1.807, 2.05) is 0 Å². The van der Waals surface area contributed by atoms with Gasteiger partial charge in [-0.1, -0.05) is 44.7 Å². The molecule has 0 aliphatic heterocycles. The highest BCUT2D eigenvalue weighted by atomic mass is 35.5. The Morgan fingerprint density at radius 3 is 2.61 bits per heavy atom. The third kappa shape index (κ3) is 5.03. The number of hydrogen-bond donors (Lipinski definition) is 1. The lowest BCUT2D eigenvalue weighted by molar-refractivity contribution is 0.0927. The molecule has 0 atom stereocenters. The van der Waals surface area contributed by atoms with Crippen molar-refractivity contribution in [1.82, 2.24) is 5.32 Å². The van der Waals surface area contributed by atoms with Crippen LogP contribution in [0.3, 0.4) is 0 Å². The average molecular weight is 340 g/mol. The summed E-state index contributed by atoms with van der Waals surface area (Å²) in [4.78, 5) is 12.4. The van der Waals surface area contributed by atoms with E-state index in [0.29, 0.717) is 34.6 Å². The van der Waals surface area contributed by atoms with Crippen LogP contribution in [0.1, 0.15) is 56.3 Å². The first-order valence-corrected chi connectivity index (χ1v) is 8.70. The lowest BCUT2D eigenvalue weighted by Crippen LogP contribution is -2.36. The van der Waals surface area contributed by atoms with E-state index in [2.05, 4.69) is 19.2 Å². The molecule has 1 fully saturated rings. The summed E-state index contributed by atoms with van der Waals surface area (Å²) in [6.45, 7) is 4.67. The molecular formula is C18H26ClNO3. The van der Waals surface area contributed by atoms with E-state index in [-0.39, 0.29) is 11.9 Å². The Kier molecular flexibility index (Phi) is 6.58. The summed E-state index contributed by atoms with van der Waals surface area (Å²) < 4.78 is 11.1. The minimum absolute atomic E-state index is 0.104. The van der Waals surface area contributed by atoms with Crippen molar-refractivity contribution in [2.45, 2.75) is 52.0 Å². The summed E-state index contributed by atoms with van der Waals surface area (Å²) in [5, 5.41) is 3.49. The van der Waals surface area contributed by atoms with Gasteiger partial charge in [0.25, 0.3) is 5.91 Å². The van der Waals surface area contributed by atoms with Gasteiger partial charge >= 0.3 is 0 Å². The standard InChI is InChI=1S/C18H26ClNO3/c1-12(2)11-23-17-15(19)9-13(10-16(17)22-3)18(21)20-14-7-5-4-6-8-14/h9-10,12,14H,4-8,11H2,1-3H3,(H,20,21). The number of hydrogen-bond acceptors (Lipinski definition) is 3. The molecule has 4 nitrogen and oxygen atoms in total. The largest absolute Gasteiger partial charge is 0.493 e. The molecule has 1 N–H and O–H groups in total. The number of carbonyl (C=O) groups excluding carboxylic acids is 1. The molecule has 2 rings (SSSR count). The molecule has 1 aliphatic rings. The molecule has 0 radical (unpaired) electrons. The van der Waals surface area contributed by atoms with Crippen molar-refractivity contribution in [2.75, 3.05) is 13.7 Å². The van der Waals surface area contributed by atoms with E-state index in [4.69, 9.17) is 21.1 Å². The highest BCUT2D eigenvalue weighted by Crippen LogP contribution is 2.36. The Hall–Kier alpha value is -1.42. The molecule has 5 heteroatoms. The number of rotatable bonds is 6. The molecule has 0 bridgehead atoms. The second-order valence-corrected chi connectivity index (χ2v) is 6.91. The third-order valence-electron chi connectivity index (χ3n) is 3.99. The smallest absolute Gasteiger partial charge is 0.251 e. The predicted molar refractivity (Wildman–Crippen MR) is 92.7 cm³/mol. The summed E-state index contributed by atoms with van der Waals surface area (Å²) in [6.07, 6.45) is 5.71. The maximum absolute atomic E-state index is 12.4. The van der Waals surface area contributed by atoms with Crippen molar-refractivity contribution in [3.63, 3.8) is 0 Å². The maximum Gasteiger partial charge on any atom is 0.251 e. The second-order valence-electron chi connectivity index (χ2n) is 6.50. The Morgan fingerprint density at radius 2 is 2.00 bits per heavy atom. The second kappa shape index (κ2) is 8.44. The molecule has 23 heavy (non-hydrogen) atoms. The molecular weight excluding hydrogens is 314 g/mol. The third-order valence-corrected chi connectivity index (χ3v) is 4.27. The topological polar surface area (TPSA) is 47.6 Å². The summed E-state index contributed by atoms with van der Waals surface area (Å²) in [5.74, 6) is 1.27. The van der Waals surface area contributed by atoms with Gasteiger partial charge in [-0.2, -0.15) is 0 Å². The number of methoxy groups -OCH3 is 1. The summed E-state index contributed by atoms with van der Waals surface area (Å²) in [6, 6.07) is 3.61. The summed E-state index contributed by atoms with van der Waals surface area (Å²) in [7, 11) is 1.55. The van der Waals surface area contributed by atoms with Crippen molar-refractivity contribution in [1.29, 1.82) is 0 Å². The first-order valence-electron chi connectivity index (χ1n) is 8.32. The lowest BCUT2D eigenvalue weighted by atomic mass is 9.95. The number of amides is 1. The molecule has 1 saturated carbocycles. The zero-order valence-corrected chi connectivity index (χ0v) is 14.9. The van der Waals surface area contributed by atoms with Crippen LogP contribution in [0.4, 0.5) is 0 Å². The predicted octanol–water partition coefficient (Wildman–Crippen LogP) is 4.45. The quantitative estimate of drug-likeness (QED) is 0.833. The zero-order valence-electron chi connectivity index (χ0n) is 14.2. The number of halogens is 1. The zero-order chi connectivity index (χ0) is 16.8. The fraction of sp³-hybridized carbons (Fsp3) is 0.611. The minimum Gasteiger partial charge on any atom is -0.493 e. The molecule has 1 aliphatic carbocycles. The Labute approximate surface area is 143 Å². The van der Waals surface area contributed by atoms with Gasteiger partial charge in [-0.05, 0) is 30.9 Å². The SMILES string of the molecule is COc1cc(C(=O)NC2CCCCC2)cc(Cl)c1OCC(C)C. The molecule has 128 valence electrons. The van der Waals surface area contributed by atoms with Gasteiger partial charge in [0.1, 0.15) is 0 Å². The van der Waals surface area contributed by atoms with Crippen molar-refractivity contribution >= 4 is 17.5 Å². The van der Waals surface area contributed by atoms with Gasteiger partial charge in [-0.25, -0.2) is 0 Å². The Balaban J connectivity index is 2.12. The highest BCUT2D eigenvalue weighted by Gasteiger charge is 2.20. The minimum atomic E-state index is -0.104. The fourth-order valence-electron chi connectivity index (χ4n) is 2.76. The van der Waals surface area contributed by atoms with Crippen LogP contribution in [0.15, 0.2) is 12.1 Å². The molecule has 0 heterocycles. The molecule has 0 spiro atoms. The monoisotopic (exact) mass is 339 g/mol. The van der Waals surface area contributed by atoms with Crippen molar-refractivity contribution in [3.05, 3.63) is 22.7 Å². The molecule has 0 aromatic heterocycles. The first-order chi connectivity index (χ1) is 11.0. The molecule has 1 amide bonds. The van der Waals surface area contributed by atoms with Crippen LogP contribution in [0.25, 0.3) is 0 Å². The van der Waals surface area contributed by atoms with Crippen LogP contribution < -0.4 is 14.8 Å². The Bertz CT molecular complexity index is 539. The molecule has 0 unspecified atom stereocenters. The van der Waals surface area contributed by atoms with Crippen LogP contribution >= 0.6 is 11.6 Å². The number of benzene rings is 1. The van der Waals surface area contributed by atoms with Gasteiger partial charge in [0, 0.05) is 11.6 Å². The number of ether oxygens (including phenoxy) is 2. The highest BCUT2D eigenvalue weighted by molar-refractivity contribution is 6.32. The van der Waals surface area contributed by atoms with Gasteiger partial charge in [0.05, 0.1) is 18.7 Å². The molecule has 1 aromatic carbocycles. The lowest BCUT2D eigenvalue weighted by Gasteiger charge is -2.23. The van der Waals surface area contributed by atoms with Crippen molar-refractivity contribution < 1.29 is 14.3 Å². The molecule has 0 saturated heterocycles. The number of nitrogens with one attached hydrogen (secondary N) is 1. The Morgan fingerprint density at radius 1 is 1.30 bits per heavy atom. The van der Waals surface area contributed by atoms with E-state index < -0.39 is 0 Å². The maximum atomic E-state index is 12.4. The van der Waals surface area contributed by atoms with Crippen molar-refractivity contribution in [2.24, 2.45) is 5.92 Å². The van der Waals surface area contributed by atoms with E-state index in [0.717, 1.165) is 12.8 Å². The molecule has 1 aromatic rings. The number of carbonyl (C=O) groups is 1. The van der Waals surface area contributed by atoms with Gasteiger partial charge in [-0.3, -0.25) is 4.79 Å². The van der Waals surface area contributed by atoms with Gasteiger partial charge in [0.15, 0.2) is 11.5 Å². The van der Waals surface area contributed by atoms with Crippen LogP contribution in [0.2, 0.25) is 5.02 Å². The first kappa shape index (κ1) is 17.9. The van der Waals surface area contributed by atoms with Gasteiger partial charge in [-0.15, -0.1) is 0 Å². The van der Waals surface area contributed by atoms with Crippen LogP contribution in [0, 0.1) is 5.92 Å². The van der Waals surface area contributed by atoms with Crippen LogP contribution in [0.5, 0.6) is 11.5 Å². The van der Waals surface area contributed by atoms with Crippen LogP contribution in [-0.4, -0.2) is 25.7 Å². The van der Waals surface area contributed by atoms with E-state index >= 15 is 0 Å². The van der Waals surface area contributed by atoms with Gasteiger partial charge < -0.3 is 14.8 Å². The average Bonchev–Trinajstić information content (AvgIpc) is 2.53. The normalized spacial score (nSPS) is 15.5. The van der Waals surface area contributed by atoms with E-state index in [1.165, 1.54) is 19.3 Å². The van der Waals surface area contributed by atoms with E-state index in [9.17, 15) is 4.79 Å². The summed E-state index contributed by atoms with van der Waals surface area (Å²) in [5.41, 5.74) is 0.509. The summed E-state index contributed by atoms with van der Waals surface area (Å²) >= 11 is 6.30. The van der Waals surface area contributed by atoms with Crippen LogP contribution in [-0.2, 0) is 0 Å². The van der Waals surface area contributed by atoms with Gasteiger partial charge in [0.2, 0.25) is 0 Å². The fourth-order valence-corrected chi connectivity index (χ4v) is 3.02.